The van der Waals surface area contributed by atoms with Gasteiger partial charge in [0.05, 0.1) is 13.2 Å². The Labute approximate surface area is 88.8 Å². The monoisotopic (exact) mass is 213 g/mol. The summed E-state index contributed by atoms with van der Waals surface area (Å²) < 4.78 is 9.36. The van der Waals surface area contributed by atoms with Crippen LogP contribution in [0.25, 0.3) is 0 Å². The topological polar surface area (TPSA) is 65.0 Å². The molecule has 0 N–H and O–H groups in total. The van der Waals surface area contributed by atoms with Crippen LogP contribution in [0, 0.1) is 0 Å². The summed E-state index contributed by atoms with van der Waals surface area (Å²) in [7, 11) is 0. The molecule has 0 aromatic carbocycles. The summed E-state index contributed by atoms with van der Waals surface area (Å²) in [5, 5.41) is 0. The van der Waals surface area contributed by atoms with Crippen LogP contribution in [0.2, 0.25) is 0 Å². The van der Waals surface area contributed by atoms with Gasteiger partial charge < -0.3 is 9.47 Å². The van der Waals surface area contributed by atoms with E-state index in [4.69, 9.17) is 0 Å². The van der Waals surface area contributed by atoms with Gasteiger partial charge in [-0.05, 0) is 13.8 Å². The summed E-state index contributed by atoms with van der Waals surface area (Å²) in [4.78, 5) is 26.3. The Hall–Kier alpha value is -1.65. The van der Waals surface area contributed by atoms with Crippen molar-refractivity contribution < 1.29 is 19.1 Å². The lowest BCUT2D eigenvalue weighted by molar-refractivity contribution is -0.156. The number of aliphatic imine (C=N–C) groups is 1. The summed E-state index contributed by atoms with van der Waals surface area (Å²) in [5.41, 5.74) is 0. The van der Waals surface area contributed by atoms with Crippen molar-refractivity contribution in [1.29, 1.82) is 0 Å². The molecule has 0 aromatic rings. The fourth-order valence-corrected chi connectivity index (χ4v) is 0.807. The van der Waals surface area contributed by atoms with Gasteiger partial charge in [0, 0.05) is 6.21 Å². The average Bonchev–Trinajstić information content (AvgIpc) is 2.19. The zero-order valence-electron chi connectivity index (χ0n) is 8.93. The highest BCUT2D eigenvalue weighted by atomic mass is 16.6. The molecule has 0 heterocycles. The van der Waals surface area contributed by atoms with Gasteiger partial charge in [-0.25, -0.2) is 9.59 Å². The molecule has 0 amide bonds. The number of hydrogen-bond donors (Lipinski definition) is 0. The second-order valence-electron chi connectivity index (χ2n) is 2.44. The number of carbonyl (C=O) groups is 2. The molecule has 84 valence electrons. The highest BCUT2D eigenvalue weighted by molar-refractivity contribution is 6.00. The van der Waals surface area contributed by atoms with Crippen LogP contribution in [-0.2, 0) is 19.1 Å². The molecule has 0 aliphatic carbocycles. The Morgan fingerprint density at radius 1 is 1.27 bits per heavy atom. The molecular formula is C10H15NO4. The van der Waals surface area contributed by atoms with E-state index < -0.39 is 18.0 Å². The van der Waals surface area contributed by atoms with E-state index in [1.807, 2.05) is 0 Å². The number of ether oxygens (including phenoxy) is 2. The number of hydrogen-bond acceptors (Lipinski definition) is 5. The standard InChI is InChI=1S/C10H15NO4/c1-4-7-11-8(9(12)14-5-2)10(13)15-6-3/h4,7-8H,1,5-6H2,2-3H3. The molecule has 0 atom stereocenters. The third-order valence-corrected chi connectivity index (χ3v) is 1.36. The molecule has 0 spiro atoms. The van der Waals surface area contributed by atoms with Gasteiger partial charge >= 0.3 is 11.9 Å². The lowest BCUT2D eigenvalue weighted by Crippen LogP contribution is -2.32. The second kappa shape index (κ2) is 7.73. The van der Waals surface area contributed by atoms with Crippen molar-refractivity contribution in [2.45, 2.75) is 19.9 Å². The van der Waals surface area contributed by atoms with Gasteiger partial charge in [-0.15, -0.1) is 0 Å². The van der Waals surface area contributed by atoms with E-state index in [1.165, 1.54) is 12.3 Å². The van der Waals surface area contributed by atoms with Crippen LogP contribution < -0.4 is 0 Å². The summed E-state index contributed by atoms with van der Waals surface area (Å²) in [6, 6.07) is -1.25. The van der Waals surface area contributed by atoms with Crippen LogP contribution in [-0.4, -0.2) is 37.4 Å². The molecule has 0 unspecified atom stereocenters. The minimum Gasteiger partial charge on any atom is -0.464 e. The number of allylic oxidation sites excluding steroid dienone is 1. The van der Waals surface area contributed by atoms with E-state index in [0.29, 0.717) is 0 Å². The largest absolute Gasteiger partial charge is 0.464 e. The predicted octanol–water partition coefficient (Wildman–Crippen LogP) is 0.738. The molecule has 0 aromatic heterocycles. The van der Waals surface area contributed by atoms with E-state index in [1.54, 1.807) is 13.8 Å². The van der Waals surface area contributed by atoms with Gasteiger partial charge in [0.15, 0.2) is 0 Å². The molecule has 0 aliphatic rings. The third-order valence-electron chi connectivity index (χ3n) is 1.36. The molecular weight excluding hydrogens is 198 g/mol. The average molecular weight is 213 g/mol. The van der Waals surface area contributed by atoms with Crippen molar-refractivity contribution >= 4 is 18.2 Å². The number of nitrogens with zero attached hydrogens (tertiary/aromatic N) is 1. The quantitative estimate of drug-likeness (QED) is 0.371. The fraction of sp³-hybridized carbons (Fsp3) is 0.500. The number of esters is 2. The van der Waals surface area contributed by atoms with Crippen LogP contribution in [0.5, 0.6) is 0 Å². The van der Waals surface area contributed by atoms with E-state index in [9.17, 15) is 9.59 Å². The van der Waals surface area contributed by atoms with Crippen molar-refractivity contribution in [1.82, 2.24) is 0 Å². The molecule has 5 nitrogen and oxygen atoms in total. The molecule has 0 radical (unpaired) electrons. The number of rotatable bonds is 6. The molecule has 0 saturated carbocycles. The molecule has 0 aliphatic heterocycles. The van der Waals surface area contributed by atoms with Gasteiger partial charge in [0.1, 0.15) is 0 Å². The number of carbonyl (C=O) groups excluding carboxylic acids is 2. The highest BCUT2D eigenvalue weighted by Crippen LogP contribution is 1.99. The Morgan fingerprint density at radius 2 is 1.73 bits per heavy atom. The lowest BCUT2D eigenvalue weighted by atomic mass is 10.3. The Balaban J connectivity index is 4.55. The molecule has 0 bridgehead atoms. The van der Waals surface area contributed by atoms with Crippen molar-refractivity contribution in [2.24, 2.45) is 4.99 Å². The van der Waals surface area contributed by atoms with Crippen LogP contribution in [0.3, 0.4) is 0 Å². The van der Waals surface area contributed by atoms with E-state index in [-0.39, 0.29) is 13.2 Å². The molecule has 15 heavy (non-hydrogen) atoms. The highest BCUT2D eigenvalue weighted by Gasteiger charge is 2.27. The Kier molecular flexibility index (Phi) is 6.88. The van der Waals surface area contributed by atoms with E-state index in [0.717, 1.165) is 0 Å². The summed E-state index contributed by atoms with van der Waals surface area (Å²) in [6.07, 6.45) is 2.63. The molecule has 0 saturated heterocycles. The predicted molar refractivity (Wildman–Crippen MR) is 55.7 cm³/mol. The van der Waals surface area contributed by atoms with Gasteiger partial charge in [0.2, 0.25) is 6.04 Å². The lowest BCUT2D eigenvalue weighted by Gasteiger charge is -2.09. The summed E-state index contributed by atoms with van der Waals surface area (Å²) in [6.45, 7) is 7.08. The van der Waals surface area contributed by atoms with Crippen LogP contribution >= 0.6 is 0 Å². The fourth-order valence-electron chi connectivity index (χ4n) is 0.807. The molecule has 0 rings (SSSR count). The zero-order valence-corrected chi connectivity index (χ0v) is 8.93. The van der Waals surface area contributed by atoms with Gasteiger partial charge in [-0.1, -0.05) is 12.7 Å². The first-order chi connectivity index (χ1) is 7.17. The maximum Gasteiger partial charge on any atom is 0.342 e. The van der Waals surface area contributed by atoms with Crippen molar-refractivity contribution in [3.63, 3.8) is 0 Å². The SMILES string of the molecule is C=CC=NC(C(=O)OCC)C(=O)OCC. The molecule has 5 heteroatoms. The summed E-state index contributed by atoms with van der Waals surface area (Å²) in [5.74, 6) is -1.43. The van der Waals surface area contributed by atoms with Crippen molar-refractivity contribution in [2.75, 3.05) is 13.2 Å². The zero-order chi connectivity index (χ0) is 11.7. The normalized spacial score (nSPS) is 10.3. The van der Waals surface area contributed by atoms with Crippen LogP contribution in [0.15, 0.2) is 17.6 Å². The van der Waals surface area contributed by atoms with E-state index in [2.05, 4.69) is 21.0 Å². The first-order valence-electron chi connectivity index (χ1n) is 4.64. The third kappa shape index (κ3) is 4.95. The maximum absolute atomic E-state index is 11.3. The van der Waals surface area contributed by atoms with Crippen molar-refractivity contribution in [3.05, 3.63) is 12.7 Å². The maximum atomic E-state index is 11.3. The van der Waals surface area contributed by atoms with Crippen molar-refractivity contribution in [3.8, 4) is 0 Å². The molecule has 0 fully saturated rings. The Morgan fingerprint density at radius 3 is 2.07 bits per heavy atom. The second-order valence-corrected chi connectivity index (χ2v) is 2.44. The minimum absolute atomic E-state index is 0.193. The smallest absolute Gasteiger partial charge is 0.342 e. The Bertz CT molecular complexity index is 242. The van der Waals surface area contributed by atoms with Crippen LogP contribution in [0.1, 0.15) is 13.8 Å². The first-order valence-corrected chi connectivity index (χ1v) is 4.64. The van der Waals surface area contributed by atoms with Gasteiger partial charge in [-0.3, -0.25) is 4.99 Å². The van der Waals surface area contributed by atoms with Gasteiger partial charge in [-0.2, -0.15) is 0 Å². The van der Waals surface area contributed by atoms with Gasteiger partial charge in [0.25, 0.3) is 0 Å². The van der Waals surface area contributed by atoms with E-state index >= 15 is 0 Å². The first kappa shape index (κ1) is 13.4. The minimum atomic E-state index is -1.25. The summed E-state index contributed by atoms with van der Waals surface area (Å²) >= 11 is 0. The van der Waals surface area contributed by atoms with Crippen LogP contribution in [0.4, 0.5) is 0 Å².